The van der Waals surface area contributed by atoms with E-state index in [9.17, 15) is 0 Å². The lowest BCUT2D eigenvalue weighted by atomic mass is 9.93. The Kier molecular flexibility index (Phi) is 3.13. The minimum absolute atomic E-state index is 0.0810. The van der Waals surface area contributed by atoms with Crippen molar-refractivity contribution in [3.63, 3.8) is 0 Å². The quantitative estimate of drug-likeness (QED) is 0.625. The lowest BCUT2D eigenvalue weighted by Crippen LogP contribution is -2.31. The molecule has 1 aromatic heterocycles. The smallest absolute Gasteiger partial charge is 0.148 e. The average molecular weight is 199 g/mol. The summed E-state index contributed by atoms with van der Waals surface area (Å²) < 4.78 is 1.65. The monoisotopic (exact) mass is 199 g/mol. The summed E-state index contributed by atoms with van der Waals surface area (Å²) in [6.45, 7) is 3.96. The van der Waals surface area contributed by atoms with Gasteiger partial charge in [0, 0.05) is 17.2 Å². The molecule has 4 N–H and O–H groups in total. The van der Waals surface area contributed by atoms with Crippen LogP contribution in [0.4, 0.5) is 5.82 Å². The molecule has 0 saturated carbocycles. The minimum Gasteiger partial charge on any atom is -0.396 e. The highest BCUT2D eigenvalue weighted by Crippen LogP contribution is 2.18. The first kappa shape index (κ1) is 11.0. The van der Waals surface area contributed by atoms with Gasteiger partial charge < -0.3 is 15.9 Å². The molecule has 0 bridgehead atoms. The van der Waals surface area contributed by atoms with E-state index in [2.05, 4.69) is 5.10 Å². The van der Waals surface area contributed by atoms with E-state index in [0.29, 0.717) is 12.4 Å². The third-order valence-corrected chi connectivity index (χ3v) is 2.29. The molecule has 0 unspecified atom stereocenters. The molecule has 1 rings (SSSR count). The van der Waals surface area contributed by atoms with Gasteiger partial charge in [0.1, 0.15) is 5.82 Å². The maximum atomic E-state index is 9.09. The molecule has 0 saturated heterocycles. The van der Waals surface area contributed by atoms with Crippen LogP contribution in [-0.4, -0.2) is 33.2 Å². The zero-order chi connectivity index (χ0) is 10.8. The Hall–Kier alpha value is -1.07. The standard InChI is InChI=1S/C9H17N3O2/c1-7-3-12(11-8(7)10)4-9(2,5-13)6-14/h3,13-14H,4-6H2,1-2H3,(H2,10,11). The molecule has 14 heavy (non-hydrogen) atoms. The highest BCUT2D eigenvalue weighted by molar-refractivity contribution is 5.35. The van der Waals surface area contributed by atoms with Crippen molar-refractivity contribution in [3.8, 4) is 0 Å². The summed E-state index contributed by atoms with van der Waals surface area (Å²) in [7, 11) is 0. The first-order valence-electron chi connectivity index (χ1n) is 4.52. The summed E-state index contributed by atoms with van der Waals surface area (Å²) >= 11 is 0. The molecule has 0 aromatic carbocycles. The molecule has 1 heterocycles. The number of nitrogen functional groups attached to an aromatic ring is 1. The molecule has 0 aliphatic heterocycles. The van der Waals surface area contributed by atoms with Crippen molar-refractivity contribution in [1.29, 1.82) is 0 Å². The summed E-state index contributed by atoms with van der Waals surface area (Å²) in [5, 5.41) is 22.2. The largest absolute Gasteiger partial charge is 0.396 e. The molecule has 0 aliphatic carbocycles. The van der Waals surface area contributed by atoms with Crippen LogP contribution in [0.1, 0.15) is 12.5 Å². The molecule has 0 fully saturated rings. The molecule has 0 atom stereocenters. The fourth-order valence-corrected chi connectivity index (χ4v) is 1.16. The topological polar surface area (TPSA) is 84.3 Å². The van der Waals surface area contributed by atoms with Crippen LogP contribution < -0.4 is 5.73 Å². The molecule has 0 amide bonds. The van der Waals surface area contributed by atoms with Crippen LogP contribution in [-0.2, 0) is 6.54 Å². The Labute approximate surface area is 83.2 Å². The number of aryl methyl sites for hydroxylation is 1. The van der Waals surface area contributed by atoms with Crippen LogP contribution in [0.25, 0.3) is 0 Å². The molecule has 0 spiro atoms. The van der Waals surface area contributed by atoms with E-state index in [4.69, 9.17) is 15.9 Å². The average Bonchev–Trinajstić information content (AvgIpc) is 2.45. The van der Waals surface area contributed by atoms with E-state index in [1.54, 1.807) is 17.8 Å². The number of hydrogen-bond donors (Lipinski definition) is 3. The van der Waals surface area contributed by atoms with Gasteiger partial charge in [-0.2, -0.15) is 5.10 Å². The summed E-state index contributed by atoms with van der Waals surface area (Å²) in [6, 6.07) is 0. The van der Waals surface area contributed by atoms with Gasteiger partial charge in [0.2, 0.25) is 0 Å². The Morgan fingerprint density at radius 2 is 2.07 bits per heavy atom. The maximum absolute atomic E-state index is 9.09. The van der Waals surface area contributed by atoms with Gasteiger partial charge in [-0.3, -0.25) is 4.68 Å². The van der Waals surface area contributed by atoms with Crippen molar-refractivity contribution >= 4 is 5.82 Å². The van der Waals surface area contributed by atoms with E-state index in [0.717, 1.165) is 5.56 Å². The fourth-order valence-electron chi connectivity index (χ4n) is 1.16. The number of aliphatic hydroxyl groups is 2. The molecule has 5 nitrogen and oxygen atoms in total. The highest BCUT2D eigenvalue weighted by atomic mass is 16.3. The predicted molar refractivity (Wildman–Crippen MR) is 53.7 cm³/mol. The summed E-state index contributed by atoms with van der Waals surface area (Å²) in [4.78, 5) is 0. The van der Waals surface area contributed by atoms with Gasteiger partial charge in [0.25, 0.3) is 0 Å². The molecule has 0 radical (unpaired) electrons. The van der Waals surface area contributed by atoms with E-state index in [1.807, 2.05) is 6.92 Å². The third kappa shape index (κ3) is 2.24. The highest BCUT2D eigenvalue weighted by Gasteiger charge is 2.23. The number of anilines is 1. The van der Waals surface area contributed by atoms with E-state index in [-0.39, 0.29) is 13.2 Å². The third-order valence-electron chi connectivity index (χ3n) is 2.29. The molecule has 1 aromatic rings. The zero-order valence-electron chi connectivity index (χ0n) is 8.56. The lowest BCUT2D eigenvalue weighted by molar-refractivity contribution is 0.0525. The summed E-state index contributed by atoms with van der Waals surface area (Å²) in [6.07, 6.45) is 1.80. The maximum Gasteiger partial charge on any atom is 0.148 e. The van der Waals surface area contributed by atoms with E-state index in [1.165, 1.54) is 0 Å². The number of nitrogens with two attached hydrogens (primary N) is 1. The van der Waals surface area contributed by atoms with Crippen molar-refractivity contribution < 1.29 is 10.2 Å². The Bertz CT molecular complexity index is 286. The molecule has 80 valence electrons. The first-order chi connectivity index (χ1) is 6.50. The molecule has 0 aliphatic rings. The molecular formula is C9H17N3O2. The van der Waals surface area contributed by atoms with Crippen LogP contribution in [0.15, 0.2) is 6.20 Å². The second-order valence-electron chi connectivity index (χ2n) is 4.02. The molecular weight excluding hydrogens is 182 g/mol. The fraction of sp³-hybridized carbons (Fsp3) is 0.667. The Morgan fingerprint density at radius 1 is 1.50 bits per heavy atom. The van der Waals surface area contributed by atoms with Gasteiger partial charge in [0.15, 0.2) is 0 Å². The number of aromatic nitrogens is 2. The number of aliphatic hydroxyl groups excluding tert-OH is 2. The van der Waals surface area contributed by atoms with Crippen LogP contribution in [0.2, 0.25) is 0 Å². The summed E-state index contributed by atoms with van der Waals surface area (Å²) in [5.41, 5.74) is 5.94. The SMILES string of the molecule is Cc1cn(CC(C)(CO)CO)nc1N. The van der Waals surface area contributed by atoms with Gasteiger partial charge in [-0.1, -0.05) is 6.92 Å². The predicted octanol–water partition coefficient (Wildman–Crippen LogP) is -0.235. The lowest BCUT2D eigenvalue weighted by Gasteiger charge is -2.24. The normalized spacial score (nSPS) is 12.0. The van der Waals surface area contributed by atoms with Crippen LogP contribution in [0.5, 0.6) is 0 Å². The van der Waals surface area contributed by atoms with Crippen molar-refractivity contribution in [2.45, 2.75) is 20.4 Å². The van der Waals surface area contributed by atoms with Gasteiger partial charge in [-0.15, -0.1) is 0 Å². The Balaban J connectivity index is 2.77. The van der Waals surface area contributed by atoms with E-state index < -0.39 is 5.41 Å². The zero-order valence-corrected chi connectivity index (χ0v) is 8.56. The second-order valence-corrected chi connectivity index (χ2v) is 4.02. The van der Waals surface area contributed by atoms with E-state index >= 15 is 0 Å². The minimum atomic E-state index is -0.551. The number of nitrogens with zero attached hydrogens (tertiary/aromatic N) is 2. The summed E-state index contributed by atoms with van der Waals surface area (Å²) in [5.74, 6) is 0.489. The van der Waals surface area contributed by atoms with Crippen molar-refractivity contribution in [2.75, 3.05) is 18.9 Å². The van der Waals surface area contributed by atoms with Crippen LogP contribution in [0.3, 0.4) is 0 Å². The van der Waals surface area contributed by atoms with Crippen LogP contribution >= 0.6 is 0 Å². The van der Waals surface area contributed by atoms with Gasteiger partial charge in [-0.25, -0.2) is 0 Å². The van der Waals surface area contributed by atoms with Gasteiger partial charge >= 0.3 is 0 Å². The van der Waals surface area contributed by atoms with Crippen molar-refractivity contribution in [2.24, 2.45) is 5.41 Å². The van der Waals surface area contributed by atoms with Crippen LogP contribution in [0, 0.1) is 12.3 Å². The Morgan fingerprint density at radius 3 is 2.43 bits per heavy atom. The van der Waals surface area contributed by atoms with Gasteiger partial charge in [0.05, 0.1) is 19.8 Å². The van der Waals surface area contributed by atoms with Gasteiger partial charge in [-0.05, 0) is 6.92 Å². The number of hydrogen-bond acceptors (Lipinski definition) is 4. The van der Waals surface area contributed by atoms with Crippen molar-refractivity contribution in [3.05, 3.63) is 11.8 Å². The van der Waals surface area contributed by atoms with Crippen molar-refractivity contribution in [1.82, 2.24) is 9.78 Å². The first-order valence-corrected chi connectivity index (χ1v) is 4.52. The molecule has 5 heteroatoms. The number of rotatable bonds is 4. The second kappa shape index (κ2) is 3.98.